The summed E-state index contributed by atoms with van der Waals surface area (Å²) >= 11 is 1.65. The van der Waals surface area contributed by atoms with Crippen LogP contribution in [0.2, 0.25) is 0 Å². The van der Waals surface area contributed by atoms with Gasteiger partial charge in [0.25, 0.3) is 0 Å². The Hall–Kier alpha value is -2.31. The predicted molar refractivity (Wildman–Crippen MR) is 106 cm³/mol. The van der Waals surface area contributed by atoms with Gasteiger partial charge in [0.05, 0.1) is 24.8 Å². The summed E-state index contributed by atoms with van der Waals surface area (Å²) in [6.45, 7) is 3.82. The quantitative estimate of drug-likeness (QED) is 0.594. The summed E-state index contributed by atoms with van der Waals surface area (Å²) in [4.78, 5) is 8.30. The molecule has 3 aromatic rings. The van der Waals surface area contributed by atoms with Crippen molar-refractivity contribution in [2.24, 2.45) is 0 Å². The number of benzene rings is 1. The fourth-order valence-electron chi connectivity index (χ4n) is 3.73. The van der Waals surface area contributed by atoms with Crippen molar-refractivity contribution >= 4 is 11.3 Å². The molecular weight excluding hydrogens is 360 g/mol. The summed E-state index contributed by atoms with van der Waals surface area (Å²) < 4.78 is 16.9. The van der Waals surface area contributed by atoms with Crippen molar-refractivity contribution in [1.82, 2.24) is 9.88 Å². The van der Waals surface area contributed by atoms with Crippen molar-refractivity contribution in [2.45, 2.75) is 32.4 Å². The molecule has 5 nitrogen and oxygen atoms in total. The van der Waals surface area contributed by atoms with Crippen molar-refractivity contribution < 1.29 is 13.9 Å². The van der Waals surface area contributed by atoms with Gasteiger partial charge in [0, 0.05) is 24.2 Å². The van der Waals surface area contributed by atoms with E-state index in [1.54, 1.807) is 25.6 Å². The van der Waals surface area contributed by atoms with Gasteiger partial charge in [-0.15, -0.1) is 11.3 Å². The van der Waals surface area contributed by atoms with E-state index >= 15 is 0 Å². The van der Waals surface area contributed by atoms with Gasteiger partial charge in [-0.3, -0.25) is 4.90 Å². The number of methoxy groups -OCH3 is 2. The predicted octanol–water partition coefficient (Wildman–Crippen LogP) is 5.07. The van der Waals surface area contributed by atoms with Crippen molar-refractivity contribution in [3.05, 3.63) is 52.7 Å². The zero-order chi connectivity index (χ0) is 18.8. The Balaban J connectivity index is 1.58. The first-order valence-electron chi connectivity index (χ1n) is 9.15. The zero-order valence-corrected chi connectivity index (χ0v) is 16.7. The van der Waals surface area contributed by atoms with E-state index in [0.29, 0.717) is 6.04 Å². The highest BCUT2D eigenvalue weighted by Crippen LogP contribution is 2.39. The molecule has 142 valence electrons. The zero-order valence-electron chi connectivity index (χ0n) is 15.9. The third-order valence-corrected chi connectivity index (χ3v) is 6.00. The van der Waals surface area contributed by atoms with Crippen LogP contribution in [0.25, 0.3) is 10.8 Å². The van der Waals surface area contributed by atoms with Crippen LogP contribution in [-0.4, -0.2) is 30.6 Å². The smallest absolute Gasteiger partial charge is 0.236 e. The number of hydrogen-bond donors (Lipinski definition) is 0. The van der Waals surface area contributed by atoms with Crippen LogP contribution in [-0.2, 0) is 6.54 Å². The number of rotatable bonds is 6. The molecule has 6 heteroatoms. The SMILES string of the molecule is COc1ccc(C2CCCN2Cc2nc(-c3cccs3)oc2C)c(OC)c1. The van der Waals surface area contributed by atoms with E-state index in [1.807, 2.05) is 36.6 Å². The lowest BCUT2D eigenvalue weighted by Crippen LogP contribution is -2.23. The van der Waals surface area contributed by atoms with Gasteiger partial charge in [0.2, 0.25) is 5.89 Å². The fraction of sp³-hybridized carbons (Fsp3) is 0.381. The minimum Gasteiger partial charge on any atom is -0.497 e. The van der Waals surface area contributed by atoms with Gasteiger partial charge in [-0.25, -0.2) is 4.98 Å². The van der Waals surface area contributed by atoms with E-state index in [4.69, 9.17) is 18.9 Å². The second kappa shape index (κ2) is 7.74. The van der Waals surface area contributed by atoms with E-state index in [1.165, 1.54) is 5.56 Å². The molecule has 0 amide bonds. The maximum absolute atomic E-state index is 5.92. The molecule has 1 fully saturated rings. The molecule has 4 rings (SSSR count). The summed E-state index contributed by atoms with van der Waals surface area (Å²) in [6, 6.07) is 10.5. The van der Waals surface area contributed by atoms with Gasteiger partial charge in [-0.2, -0.15) is 0 Å². The Morgan fingerprint density at radius 2 is 2.15 bits per heavy atom. The molecule has 1 aliphatic rings. The van der Waals surface area contributed by atoms with E-state index in [2.05, 4.69) is 11.0 Å². The number of aromatic nitrogens is 1. The normalized spacial score (nSPS) is 17.4. The highest BCUT2D eigenvalue weighted by atomic mass is 32.1. The Morgan fingerprint density at radius 3 is 2.89 bits per heavy atom. The average Bonchev–Trinajstić information content (AvgIpc) is 3.43. The first-order valence-corrected chi connectivity index (χ1v) is 10.0. The first kappa shape index (κ1) is 18.1. The summed E-state index contributed by atoms with van der Waals surface area (Å²) in [6.07, 6.45) is 2.27. The van der Waals surface area contributed by atoms with Crippen LogP contribution >= 0.6 is 11.3 Å². The lowest BCUT2D eigenvalue weighted by atomic mass is 10.0. The van der Waals surface area contributed by atoms with Crippen molar-refractivity contribution in [2.75, 3.05) is 20.8 Å². The van der Waals surface area contributed by atoms with Crippen LogP contribution in [0.1, 0.15) is 35.9 Å². The maximum Gasteiger partial charge on any atom is 0.236 e. The lowest BCUT2D eigenvalue weighted by Gasteiger charge is -2.25. The molecule has 1 saturated heterocycles. The average molecular weight is 385 g/mol. The minimum atomic E-state index is 0.312. The van der Waals surface area contributed by atoms with Crippen molar-refractivity contribution in [3.63, 3.8) is 0 Å². The second-order valence-corrected chi connectivity index (χ2v) is 7.68. The van der Waals surface area contributed by atoms with Crippen LogP contribution in [0, 0.1) is 6.92 Å². The topological polar surface area (TPSA) is 47.7 Å². The molecule has 27 heavy (non-hydrogen) atoms. The monoisotopic (exact) mass is 384 g/mol. The van der Waals surface area contributed by atoms with Gasteiger partial charge in [-0.05, 0) is 43.8 Å². The number of hydrogen-bond acceptors (Lipinski definition) is 6. The Labute approximate surface area is 163 Å². The van der Waals surface area contributed by atoms with Crippen LogP contribution in [0.4, 0.5) is 0 Å². The Bertz CT molecular complexity index is 904. The summed E-state index contributed by atoms with van der Waals surface area (Å²) in [5.74, 6) is 3.30. The summed E-state index contributed by atoms with van der Waals surface area (Å²) in [7, 11) is 3.39. The Morgan fingerprint density at radius 1 is 1.26 bits per heavy atom. The number of oxazole rings is 1. The Kier molecular flexibility index (Phi) is 5.18. The molecule has 1 aromatic carbocycles. The van der Waals surface area contributed by atoms with Crippen LogP contribution < -0.4 is 9.47 Å². The second-order valence-electron chi connectivity index (χ2n) is 6.74. The standard InChI is InChI=1S/C21H24N2O3S/c1-14-17(22-21(26-14)20-7-5-11-27-20)13-23-10-4-6-18(23)16-9-8-15(24-2)12-19(16)25-3/h5,7-9,11-12,18H,4,6,10,13H2,1-3H3. The molecule has 0 saturated carbocycles. The molecule has 3 heterocycles. The molecule has 0 radical (unpaired) electrons. The number of thiophene rings is 1. The van der Waals surface area contributed by atoms with E-state index in [0.717, 1.165) is 59.7 Å². The van der Waals surface area contributed by atoms with Crippen LogP contribution in [0.15, 0.2) is 40.1 Å². The van der Waals surface area contributed by atoms with Crippen LogP contribution in [0.3, 0.4) is 0 Å². The van der Waals surface area contributed by atoms with Crippen molar-refractivity contribution in [1.29, 1.82) is 0 Å². The summed E-state index contributed by atoms with van der Waals surface area (Å²) in [5.41, 5.74) is 2.22. The highest BCUT2D eigenvalue weighted by molar-refractivity contribution is 7.13. The van der Waals surface area contributed by atoms with Crippen molar-refractivity contribution in [3.8, 4) is 22.3 Å². The molecule has 0 bridgehead atoms. The first-order chi connectivity index (χ1) is 13.2. The van der Waals surface area contributed by atoms with Gasteiger partial charge in [0.1, 0.15) is 17.3 Å². The fourth-order valence-corrected chi connectivity index (χ4v) is 4.38. The van der Waals surface area contributed by atoms with E-state index < -0.39 is 0 Å². The largest absolute Gasteiger partial charge is 0.497 e. The third-order valence-electron chi connectivity index (χ3n) is 5.14. The number of aryl methyl sites for hydroxylation is 1. The molecular formula is C21H24N2O3S. The molecule has 0 aliphatic carbocycles. The summed E-state index contributed by atoms with van der Waals surface area (Å²) in [5, 5.41) is 2.04. The molecule has 1 atom stereocenters. The van der Waals surface area contributed by atoms with E-state index in [-0.39, 0.29) is 0 Å². The highest BCUT2D eigenvalue weighted by Gasteiger charge is 2.30. The van der Waals surface area contributed by atoms with Gasteiger partial charge in [0.15, 0.2) is 0 Å². The molecule has 0 spiro atoms. The number of ether oxygens (including phenoxy) is 2. The molecule has 1 aliphatic heterocycles. The van der Waals surface area contributed by atoms with Gasteiger partial charge >= 0.3 is 0 Å². The lowest BCUT2D eigenvalue weighted by molar-refractivity contribution is 0.239. The van der Waals surface area contributed by atoms with E-state index in [9.17, 15) is 0 Å². The van der Waals surface area contributed by atoms with Gasteiger partial charge in [-0.1, -0.05) is 12.1 Å². The maximum atomic E-state index is 5.92. The number of likely N-dealkylation sites (tertiary alicyclic amines) is 1. The number of nitrogens with zero attached hydrogens (tertiary/aromatic N) is 2. The van der Waals surface area contributed by atoms with Gasteiger partial charge < -0.3 is 13.9 Å². The third kappa shape index (κ3) is 3.59. The minimum absolute atomic E-state index is 0.312. The van der Waals surface area contributed by atoms with Crippen LogP contribution in [0.5, 0.6) is 11.5 Å². The molecule has 0 N–H and O–H groups in total. The molecule has 1 unspecified atom stereocenters. The molecule has 2 aromatic heterocycles.